The third-order valence-electron chi connectivity index (χ3n) is 3.99. The molecule has 0 unspecified atom stereocenters. The van der Waals surface area contributed by atoms with Crippen LogP contribution in [-0.2, 0) is 9.53 Å². The maximum atomic E-state index is 12.7. The van der Waals surface area contributed by atoms with E-state index in [-0.39, 0.29) is 23.8 Å². The summed E-state index contributed by atoms with van der Waals surface area (Å²) in [6, 6.07) is 2.09. The Morgan fingerprint density at radius 1 is 1.36 bits per heavy atom. The Hall–Kier alpha value is -1.30. The molecule has 1 aromatic rings. The van der Waals surface area contributed by atoms with Crippen LogP contribution in [0.5, 0.6) is 0 Å². The molecule has 1 fully saturated rings. The normalized spacial score (nSPS) is 16.1. The van der Waals surface area contributed by atoms with Crippen LogP contribution >= 0.6 is 15.9 Å². The fourth-order valence-corrected chi connectivity index (χ4v) is 3.22. The van der Waals surface area contributed by atoms with Crippen molar-refractivity contribution in [3.63, 3.8) is 0 Å². The highest BCUT2D eigenvalue weighted by molar-refractivity contribution is 9.10. The second-order valence-corrected chi connectivity index (χ2v) is 6.78. The van der Waals surface area contributed by atoms with Gasteiger partial charge in [0, 0.05) is 29.8 Å². The Morgan fingerprint density at radius 3 is 2.55 bits per heavy atom. The summed E-state index contributed by atoms with van der Waals surface area (Å²) in [4.78, 5) is 26.3. The number of aromatic nitrogens is 1. The fourth-order valence-electron chi connectivity index (χ4n) is 2.78. The van der Waals surface area contributed by atoms with Gasteiger partial charge in [-0.25, -0.2) is 0 Å². The topological polar surface area (TPSA) is 51.5 Å². The van der Waals surface area contributed by atoms with Crippen molar-refractivity contribution < 1.29 is 14.3 Å². The van der Waals surface area contributed by atoms with Crippen molar-refractivity contribution in [3.05, 3.63) is 22.4 Å². The molecule has 0 N–H and O–H groups in total. The van der Waals surface area contributed by atoms with Crippen molar-refractivity contribution in [2.75, 3.05) is 19.7 Å². The molecule has 0 spiro atoms. The molecule has 2 rings (SSSR count). The zero-order valence-corrected chi connectivity index (χ0v) is 14.9. The molecule has 0 radical (unpaired) electrons. The molecule has 0 aliphatic carbocycles. The van der Waals surface area contributed by atoms with Gasteiger partial charge in [-0.05, 0) is 55.6 Å². The van der Waals surface area contributed by atoms with Crippen molar-refractivity contribution in [1.29, 1.82) is 0 Å². The Bertz CT molecular complexity index is 546. The van der Waals surface area contributed by atoms with E-state index in [4.69, 9.17) is 4.74 Å². The van der Waals surface area contributed by atoms with Gasteiger partial charge in [-0.15, -0.1) is 0 Å². The number of carbonyl (C=O) groups excluding carboxylic acids is 2. The molecular formula is C16H23BrN2O3. The number of hydrogen-bond acceptors (Lipinski definition) is 3. The third kappa shape index (κ3) is 3.72. The van der Waals surface area contributed by atoms with Crippen LogP contribution < -0.4 is 0 Å². The lowest BCUT2D eigenvalue weighted by molar-refractivity contribution is -0.149. The first-order valence-corrected chi connectivity index (χ1v) is 8.56. The first kappa shape index (κ1) is 17.1. The van der Waals surface area contributed by atoms with E-state index in [2.05, 4.69) is 29.8 Å². The van der Waals surface area contributed by atoms with Crippen LogP contribution in [0, 0.1) is 5.92 Å². The second-order valence-electron chi connectivity index (χ2n) is 5.86. The number of carbonyl (C=O) groups is 2. The summed E-state index contributed by atoms with van der Waals surface area (Å²) in [5.41, 5.74) is 0.691. The van der Waals surface area contributed by atoms with Gasteiger partial charge in [0.05, 0.1) is 12.5 Å². The third-order valence-corrected chi connectivity index (χ3v) is 4.43. The van der Waals surface area contributed by atoms with Crippen LogP contribution in [0.1, 0.15) is 50.1 Å². The molecule has 1 aliphatic rings. The number of amides is 1. The second kappa shape index (κ2) is 7.31. The van der Waals surface area contributed by atoms with Crippen molar-refractivity contribution in [2.45, 2.75) is 39.7 Å². The minimum Gasteiger partial charge on any atom is -0.466 e. The van der Waals surface area contributed by atoms with E-state index in [0.29, 0.717) is 38.2 Å². The van der Waals surface area contributed by atoms with Crippen LogP contribution in [0.4, 0.5) is 0 Å². The quantitative estimate of drug-likeness (QED) is 0.764. The maximum absolute atomic E-state index is 12.7. The van der Waals surface area contributed by atoms with Crippen LogP contribution in [0.25, 0.3) is 0 Å². The van der Waals surface area contributed by atoms with Crippen LogP contribution in [0.15, 0.2) is 16.7 Å². The Morgan fingerprint density at radius 2 is 2.00 bits per heavy atom. The number of piperidine rings is 1. The minimum atomic E-state index is -0.136. The summed E-state index contributed by atoms with van der Waals surface area (Å²) in [6.45, 7) is 7.53. The van der Waals surface area contributed by atoms with Gasteiger partial charge in [0.25, 0.3) is 5.91 Å². The monoisotopic (exact) mass is 370 g/mol. The number of ether oxygens (including phenoxy) is 1. The molecule has 1 amide bonds. The summed E-state index contributed by atoms with van der Waals surface area (Å²) in [5, 5.41) is 0. The minimum absolute atomic E-state index is 0.0294. The molecule has 2 heterocycles. The van der Waals surface area contributed by atoms with Gasteiger partial charge in [0.15, 0.2) is 0 Å². The van der Waals surface area contributed by atoms with Crippen molar-refractivity contribution in [2.24, 2.45) is 5.92 Å². The predicted molar refractivity (Wildman–Crippen MR) is 87.8 cm³/mol. The SMILES string of the molecule is CCOC(=O)C1CCN(C(=O)c2cc(Br)cn2C(C)C)CC1. The van der Waals surface area contributed by atoms with Gasteiger partial charge in [-0.1, -0.05) is 0 Å². The lowest BCUT2D eigenvalue weighted by atomic mass is 9.97. The van der Waals surface area contributed by atoms with Gasteiger partial charge in [0.2, 0.25) is 0 Å². The summed E-state index contributed by atoms with van der Waals surface area (Å²) in [6.07, 6.45) is 3.28. The van der Waals surface area contributed by atoms with Crippen LogP contribution in [0.2, 0.25) is 0 Å². The lowest BCUT2D eigenvalue weighted by Gasteiger charge is -2.31. The number of halogens is 1. The maximum Gasteiger partial charge on any atom is 0.309 e. The van der Waals surface area contributed by atoms with Crippen LogP contribution in [0.3, 0.4) is 0 Å². The highest BCUT2D eigenvalue weighted by Crippen LogP contribution is 2.24. The fraction of sp³-hybridized carbons (Fsp3) is 0.625. The van der Waals surface area contributed by atoms with Crippen molar-refractivity contribution in [3.8, 4) is 0 Å². The zero-order valence-electron chi connectivity index (χ0n) is 13.3. The van der Waals surface area contributed by atoms with Crippen LogP contribution in [-0.4, -0.2) is 41.0 Å². The number of nitrogens with zero attached hydrogens (tertiary/aromatic N) is 2. The zero-order chi connectivity index (χ0) is 16.3. The van der Waals surface area contributed by atoms with Gasteiger partial charge in [0.1, 0.15) is 5.69 Å². The summed E-state index contributed by atoms with van der Waals surface area (Å²) < 4.78 is 7.95. The van der Waals surface area contributed by atoms with Gasteiger partial charge in [-0.2, -0.15) is 0 Å². The number of rotatable bonds is 4. The highest BCUT2D eigenvalue weighted by atomic mass is 79.9. The molecule has 1 aromatic heterocycles. The van der Waals surface area contributed by atoms with Crippen molar-refractivity contribution in [1.82, 2.24) is 9.47 Å². The molecular weight excluding hydrogens is 348 g/mol. The molecule has 122 valence electrons. The molecule has 1 saturated heterocycles. The number of hydrogen-bond donors (Lipinski definition) is 0. The average molecular weight is 371 g/mol. The Labute approximate surface area is 139 Å². The number of likely N-dealkylation sites (tertiary alicyclic amines) is 1. The Balaban J connectivity index is 2.02. The highest BCUT2D eigenvalue weighted by Gasteiger charge is 2.30. The van der Waals surface area contributed by atoms with E-state index < -0.39 is 0 Å². The Kier molecular flexibility index (Phi) is 5.67. The molecule has 0 aromatic carbocycles. The standard InChI is InChI=1S/C16H23BrN2O3/c1-4-22-16(21)12-5-7-18(8-6-12)15(20)14-9-13(17)10-19(14)11(2)3/h9-12H,4-8H2,1-3H3. The molecule has 0 saturated carbocycles. The average Bonchev–Trinajstić information content (AvgIpc) is 2.89. The summed E-state index contributed by atoms with van der Waals surface area (Å²) in [7, 11) is 0. The van der Waals surface area contributed by atoms with Gasteiger partial charge in [-0.3, -0.25) is 9.59 Å². The molecule has 5 nitrogen and oxygen atoms in total. The molecule has 0 atom stereocenters. The van der Waals surface area contributed by atoms with E-state index >= 15 is 0 Å². The van der Waals surface area contributed by atoms with E-state index in [1.807, 2.05) is 28.7 Å². The van der Waals surface area contributed by atoms with E-state index in [0.717, 1.165) is 4.47 Å². The van der Waals surface area contributed by atoms with E-state index in [9.17, 15) is 9.59 Å². The summed E-state index contributed by atoms with van der Waals surface area (Å²) >= 11 is 3.44. The number of esters is 1. The molecule has 0 bridgehead atoms. The van der Waals surface area contributed by atoms with Gasteiger partial charge < -0.3 is 14.2 Å². The predicted octanol–water partition coefficient (Wildman–Crippen LogP) is 3.25. The smallest absolute Gasteiger partial charge is 0.309 e. The first-order chi connectivity index (χ1) is 10.4. The van der Waals surface area contributed by atoms with Crippen molar-refractivity contribution >= 4 is 27.8 Å². The molecule has 22 heavy (non-hydrogen) atoms. The molecule has 1 aliphatic heterocycles. The largest absolute Gasteiger partial charge is 0.466 e. The molecule has 6 heteroatoms. The van der Waals surface area contributed by atoms with E-state index in [1.54, 1.807) is 0 Å². The lowest BCUT2D eigenvalue weighted by Crippen LogP contribution is -2.41. The summed E-state index contributed by atoms with van der Waals surface area (Å²) in [5.74, 6) is -0.183. The van der Waals surface area contributed by atoms with Gasteiger partial charge >= 0.3 is 5.97 Å². The van der Waals surface area contributed by atoms with E-state index in [1.165, 1.54) is 0 Å². The first-order valence-electron chi connectivity index (χ1n) is 7.77.